The average molecular weight is 304 g/mol. The molecule has 0 spiro atoms. The third kappa shape index (κ3) is 2.88. The molecule has 1 heterocycles. The number of fused-ring (bicyclic) bond motifs is 1. The number of hydrogen-bond acceptors (Lipinski definition) is 4. The largest absolute Gasteiger partial charge is 0.417 e. The monoisotopic (exact) mass is 304 g/mol. The molecule has 2 N–H and O–H groups in total. The van der Waals surface area contributed by atoms with E-state index in [9.17, 15) is 13.2 Å². The summed E-state index contributed by atoms with van der Waals surface area (Å²) in [6.07, 6.45) is 0. The van der Waals surface area contributed by atoms with Crippen LogP contribution in [-0.4, -0.2) is 13.4 Å². The van der Waals surface area contributed by atoms with Crippen LogP contribution in [0, 0.1) is 0 Å². The number of rotatable bonds is 4. The van der Waals surface area contributed by atoms with Crippen LogP contribution in [0.3, 0.4) is 0 Å². The molecule has 108 valence electrons. The summed E-state index contributed by atoms with van der Waals surface area (Å²) in [4.78, 5) is 13.6. The molecule has 7 heteroatoms. The van der Waals surface area contributed by atoms with Crippen molar-refractivity contribution in [3.8, 4) is 0 Å². The van der Waals surface area contributed by atoms with Gasteiger partial charge in [0.15, 0.2) is 5.58 Å². The first-order valence-electron chi connectivity index (χ1n) is 6.21. The summed E-state index contributed by atoms with van der Waals surface area (Å²) >= 11 is 0. The Labute approximate surface area is 120 Å². The lowest BCUT2D eigenvalue weighted by Crippen LogP contribution is -2.23. The molecule has 0 unspecified atom stereocenters. The molecule has 0 aliphatic carbocycles. The van der Waals surface area contributed by atoms with Gasteiger partial charge in [0.1, 0.15) is 0 Å². The molecule has 6 nitrogen and oxygen atoms in total. The fraction of sp³-hybridized carbons (Fsp3) is 0.0714. The van der Waals surface area contributed by atoms with Crippen molar-refractivity contribution in [3.05, 3.63) is 64.6 Å². The van der Waals surface area contributed by atoms with Crippen LogP contribution in [0.25, 0.3) is 11.1 Å². The molecule has 0 bridgehead atoms. The number of H-pyrrole nitrogens is 1. The summed E-state index contributed by atoms with van der Waals surface area (Å²) in [6, 6.07) is 13.4. The fourth-order valence-electron chi connectivity index (χ4n) is 1.95. The van der Waals surface area contributed by atoms with Crippen molar-refractivity contribution in [1.29, 1.82) is 0 Å². The maximum atomic E-state index is 12.2. The van der Waals surface area contributed by atoms with Crippen molar-refractivity contribution in [3.63, 3.8) is 0 Å². The quantitative estimate of drug-likeness (QED) is 0.765. The number of benzene rings is 2. The maximum Gasteiger partial charge on any atom is 0.417 e. The van der Waals surface area contributed by atoms with Gasteiger partial charge in [-0.05, 0) is 17.7 Å². The SMILES string of the molecule is O=c1[nH]c2ccc(S(=O)(=O)NCc3ccccc3)cc2o1. The van der Waals surface area contributed by atoms with Crippen molar-refractivity contribution in [1.82, 2.24) is 9.71 Å². The molecule has 3 aromatic rings. The van der Waals surface area contributed by atoms with Crippen molar-refractivity contribution in [2.45, 2.75) is 11.4 Å². The highest BCUT2D eigenvalue weighted by Crippen LogP contribution is 2.16. The summed E-state index contributed by atoms with van der Waals surface area (Å²) < 4.78 is 31.8. The van der Waals surface area contributed by atoms with Gasteiger partial charge in [0.2, 0.25) is 10.0 Å². The first kappa shape index (κ1) is 13.6. The Morgan fingerprint density at radius 2 is 1.86 bits per heavy atom. The summed E-state index contributed by atoms with van der Waals surface area (Å²) in [5.74, 6) is -0.614. The Bertz CT molecular complexity index is 926. The third-order valence-corrected chi connectivity index (χ3v) is 4.41. The van der Waals surface area contributed by atoms with Gasteiger partial charge >= 0.3 is 5.76 Å². The number of hydrogen-bond donors (Lipinski definition) is 2. The Morgan fingerprint density at radius 1 is 1.10 bits per heavy atom. The van der Waals surface area contributed by atoms with Crippen molar-refractivity contribution in [2.75, 3.05) is 0 Å². The van der Waals surface area contributed by atoms with Gasteiger partial charge in [-0.3, -0.25) is 4.98 Å². The molecule has 3 rings (SSSR count). The minimum atomic E-state index is -3.67. The molecule has 0 fully saturated rings. The predicted octanol–water partition coefficient (Wildman–Crippen LogP) is 1.60. The Balaban J connectivity index is 1.87. The highest BCUT2D eigenvalue weighted by Gasteiger charge is 2.15. The van der Waals surface area contributed by atoms with E-state index in [4.69, 9.17) is 4.42 Å². The van der Waals surface area contributed by atoms with E-state index in [-0.39, 0.29) is 17.0 Å². The molecular formula is C14H12N2O4S. The number of aromatic amines is 1. The van der Waals surface area contributed by atoms with E-state index in [0.29, 0.717) is 5.52 Å². The third-order valence-electron chi connectivity index (χ3n) is 3.01. The molecular weight excluding hydrogens is 292 g/mol. The van der Waals surface area contributed by atoms with Crippen LogP contribution >= 0.6 is 0 Å². The minimum Gasteiger partial charge on any atom is -0.408 e. The summed E-state index contributed by atoms with van der Waals surface area (Å²) in [5, 5.41) is 0. The van der Waals surface area contributed by atoms with Gasteiger partial charge < -0.3 is 4.42 Å². The molecule has 0 saturated heterocycles. The van der Waals surface area contributed by atoms with E-state index < -0.39 is 15.8 Å². The topological polar surface area (TPSA) is 92.2 Å². The van der Waals surface area contributed by atoms with Gasteiger partial charge in [0.25, 0.3) is 0 Å². The highest BCUT2D eigenvalue weighted by atomic mass is 32.2. The summed E-state index contributed by atoms with van der Waals surface area (Å²) in [5.41, 5.74) is 1.53. The van der Waals surface area contributed by atoms with Crippen LogP contribution in [0.4, 0.5) is 0 Å². The number of sulfonamides is 1. The average Bonchev–Trinajstić information content (AvgIpc) is 2.85. The van der Waals surface area contributed by atoms with Gasteiger partial charge in [-0.15, -0.1) is 0 Å². The normalized spacial score (nSPS) is 11.8. The molecule has 0 aliphatic heterocycles. The van der Waals surface area contributed by atoms with Crippen LogP contribution in [0.5, 0.6) is 0 Å². The van der Waals surface area contributed by atoms with Gasteiger partial charge in [-0.25, -0.2) is 17.9 Å². The molecule has 0 saturated carbocycles. The molecule has 21 heavy (non-hydrogen) atoms. The Kier molecular flexibility index (Phi) is 3.36. The molecule has 0 radical (unpaired) electrons. The fourth-order valence-corrected chi connectivity index (χ4v) is 2.98. The number of nitrogens with one attached hydrogen (secondary N) is 2. The zero-order chi connectivity index (χ0) is 14.9. The van der Waals surface area contributed by atoms with E-state index in [1.807, 2.05) is 30.3 Å². The predicted molar refractivity (Wildman–Crippen MR) is 77.3 cm³/mol. The van der Waals surface area contributed by atoms with Crippen LogP contribution in [0.2, 0.25) is 0 Å². The van der Waals surface area contributed by atoms with Crippen molar-refractivity contribution >= 4 is 21.1 Å². The van der Waals surface area contributed by atoms with Crippen molar-refractivity contribution in [2.24, 2.45) is 0 Å². The van der Waals surface area contributed by atoms with Gasteiger partial charge in [-0.2, -0.15) is 0 Å². The molecule has 0 atom stereocenters. The molecule has 2 aromatic carbocycles. The number of oxazole rings is 1. The molecule has 0 amide bonds. The lowest BCUT2D eigenvalue weighted by molar-refractivity contribution is 0.553. The zero-order valence-corrected chi connectivity index (χ0v) is 11.7. The number of aromatic nitrogens is 1. The lowest BCUT2D eigenvalue weighted by atomic mass is 10.2. The first-order chi connectivity index (χ1) is 10.0. The lowest BCUT2D eigenvalue weighted by Gasteiger charge is -2.06. The Morgan fingerprint density at radius 3 is 2.62 bits per heavy atom. The molecule has 0 aliphatic rings. The molecule has 1 aromatic heterocycles. The first-order valence-corrected chi connectivity index (χ1v) is 7.69. The van der Waals surface area contributed by atoms with E-state index in [1.54, 1.807) is 0 Å². The summed E-state index contributed by atoms with van der Waals surface area (Å²) in [6.45, 7) is 0.193. The van der Waals surface area contributed by atoms with E-state index in [2.05, 4.69) is 9.71 Å². The van der Waals surface area contributed by atoms with Crippen LogP contribution in [0.15, 0.2) is 62.6 Å². The maximum absolute atomic E-state index is 12.2. The highest BCUT2D eigenvalue weighted by molar-refractivity contribution is 7.89. The van der Waals surface area contributed by atoms with Crippen LogP contribution < -0.4 is 10.5 Å². The van der Waals surface area contributed by atoms with E-state index in [1.165, 1.54) is 18.2 Å². The Hall–Kier alpha value is -2.38. The minimum absolute atomic E-state index is 0.0497. The second-order valence-electron chi connectivity index (χ2n) is 4.48. The van der Waals surface area contributed by atoms with Crippen LogP contribution in [-0.2, 0) is 16.6 Å². The van der Waals surface area contributed by atoms with Crippen molar-refractivity contribution < 1.29 is 12.8 Å². The van der Waals surface area contributed by atoms with Gasteiger partial charge in [0.05, 0.1) is 10.4 Å². The van der Waals surface area contributed by atoms with E-state index >= 15 is 0 Å². The summed E-state index contributed by atoms with van der Waals surface area (Å²) in [7, 11) is -3.67. The zero-order valence-electron chi connectivity index (χ0n) is 10.9. The van der Waals surface area contributed by atoms with Gasteiger partial charge in [-0.1, -0.05) is 30.3 Å². The van der Waals surface area contributed by atoms with Crippen LogP contribution in [0.1, 0.15) is 5.56 Å². The second kappa shape index (κ2) is 5.19. The second-order valence-corrected chi connectivity index (χ2v) is 6.25. The van der Waals surface area contributed by atoms with Gasteiger partial charge in [0, 0.05) is 12.6 Å². The standard InChI is InChI=1S/C14H12N2O4S/c17-14-16-12-7-6-11(8-13(12)20-14)21(18,19)15-9-10-4-2-1-3-5-10/h1-8,15H,9H2,(H,16,17). The smallest absolute Gasteiger partial charge is 0.408 e. The van der Waals surface area contributed by atoms with E-state index in [0.717, 1.165) is 5.56 Å².